The summed E-state index contributed by atoms with van der Waals surface area (Å²) in [7, 11) is 0. The Morgan fingerprint density at radius 2 is 1.88 bits per heavy atom. The molecule has 0 fully saturated rings. The molecule has 0 aliphatic rings. The van der Waals surface area contributed by atoms with Crippen LogP contribution in [0.1, 0.15) is 40.8 Å². The van der Waals surface area contributed by atoms with Crippen LogP contribution in [0.5, 0.6) is 0 Å². The monoisotopic (exact) mass is 328 g/mol. The van der Waals surface area contributed by atoms with Crippen molar-refractivity contribution in [3.05, 3.63) is 59.0 Å². The quantitative estimate of drug-likeness (QED) is 0.849. The molecule has 5 nitrogen and oxygen atoms in total. The van der Waals surface area contributed by atoms with Gasteiger partial charge in [0.25, 0.3) is 5.91 Å². The minimum atomic E-state index is -0.0947. The van der Waals surface area contributed by atoms with Crippen LogP contribution in [0, 0.1) is 13.8 Å². The van der Waals surface area contributed by atoms with Gasteiger partial charge in [-0.3, -0.25) is 9.59 Å². The van der Waals surface area contributed by atoms with Crippen LogP contribution < -0.4 is 5.32 Å². The van der Waals surface area contributed by atoms with Crippen LogP contribution in [0.2, 0.25) is 0 Å². The first-order valence-electron chi connectivity index (χ1n) is 8.18. The molecular weight excluding hydrogens is 304 g/mol. The second kappa shape index (κ2) is 8.34. The third-order valence-corrected chi connectivity index (χ3v) is 3.88. The highest BCUT2D eigenvalue weighted by atomic mass is 16.3. The van der Waals surface area contributed by atoms with Crippen molar-refractivity contribution in [1.82, 2.24) is 10.2 Å². The van der Waals surface area contributed by atoms with Crippen LogP contribution in [-0.4, -0.2) is 29.8 Å². The Labute approximate surface area is 142 Å². The standard InChI is InChI=1S/C19H24N2O3/c1-4-21(19(23)17-12-14(2)24-15(17)3)11-10-18(22)20-13-16-8-6-5-7-9-16/h5-9,12H,4,10-11,13H2,1-3H3,(H,20,22). The highest BCUT2D eigenvalue weighted by Crippen LogP contribution is 2.16. The topological polar surface area (TPSA) is 62.6 Å². The molecule has 0 saturated heterocycles. The summed E-state index contributed by atoms with van der Waals surface area (Å²) in [5, 5.41) is 2.88. The molecule has 24 heavy (non-hydrogen) atoms. The molecule has 2 aromatic rings. The highest BCUT2D eigenvalue weighted by Gasteiger charge is 2.19. The van der Waals surface area contributed by atoms with Crippen LogP contribution in [-0.2, 0) is 11.3 Å². The van der Waals surface area contributed by atoms with Crippen LogP contribution in [0.25, 0.3) is 0 Å². The summed E-state index contributed by atoms with van der Waals surface area (Å²) < 4.78 is 5.42. The Kier molecular flexibility index (Phi) is 6.18. The van der Waals surface area contributed by atoms with Gasteiger partial charge in [-0.25, -0.2) is 0 Å². The van der Waals surface area contributed by atoms with E-state index in [2.05, 4.69) is 5.32 Å². The fourth-order valence-corrected chi connectivity index (χ4v) is 2.54. The van der Waals surface area contributed by atoms with Gasteiger partial charge in [0.1, 0.15) is 11.5 Å². The number of nitrogens with one attached hydrogen (secondary N) is 1. The normalized spacial score (nSPS) is 10.5. The molecule has 0 aliphatic heterocycles. The summed E-state index contributed by atoms with van der Waals surface area (Å²) in [6.45, 7) is 6.94. The Hall–Kier alpha value is -2.56. The van der Waals surface area contributed by atoms with Gasteiger partial charge in [0.05, 0.1) is 5.56 Å². The SMILES string of the molecule is CCN(CCC(=O)NCc1ccccc1)C(=O)c1cc(C)oc1C. The zero-order valence-electron chi connectivity index (χ0n) is 14.5. The van der Waals surface area contributed by atoms with Gasteiger partial charge in [0, 0.05) is 26.1 Å². The molecule has 1 aromatic carbocycles. The maximum atomic E-state index is 12.5. The molecule has 0 radical (unpaired) electrons. The van der Waals surface area contributed by atoms with Gasteiger partial charge < -0.3 is 14.6 Å². The van der Waals surface area contributed by atoms with Crippen LogP contribution in [0.15, 0.2) is 40.8 Å². The summed E-state index contributed by atoms with van der Waals surface area (Å²) in [5.74, 6) is 1.17. The number of carbonyl (C=O) groups is 2. The Bertz CT molecular complexity index is 692. The molecule has 1 heterocycles. The molecule has 0 aliphatic carbocycles. The van der Waals surface area contributed by atoms with E-state index in [0.717, 1.165) is 5.56 Å². The van der Waals surface area contributed by atoms with E-state index in [1.807, 2.05) is 44.2 Å². The van der Waals surface area contributed by atoms with Crippen molar-refractivity contribution >= 4 is 11.8 Å². The smallest absolute Gasteiger partial charge is 0.257 e. The maximum Gasteiger partial charge on any atom is 0.257 e. The predicted molar refractivity (Wildman–Crippen MR) is 92.7 cm³/mol. The van der Waals surface area contributed by atoms with E-state index in [0.29, 0.717) is 36.7 Å². The first-order chi connectivity index (χ1) is 11.5. The fourth-order valence-electron chi connectivity index (χ4n) is 2.54. The molecule has 0 unspecified atom stereocenters. The van der Waals surface area contributed by atoms with E-state index in [-0.39, 0.29) is 18.2 Å². The van der Waals surface area contributed by atoms with Gasteiger partial charge in [-0.1, -0.05) is 30.3 Å². The lowest BCUT2D eigenvalue weighted by molar-refractivity contribution is -0.121. The van der Waals surface area contributed by atoms with Gasteiger partial charge in [0.2, 0.25) is 5.91 Å². The Balaban J connectivity index is 1.85. The first kappa shape index (κ1) is 17.8. The van der Waals surface area contributed by atoms with E-state index < -0.39 is 0 Å². The number of benzene rings is 1. The number of aryl methyl sites for hydroxylation is 2. The van der Waals surface area contributed by atoms with Crippen molar-refractivity contribution < 1.29 is 14.0 Å². The summed E-state index contributed by atoms with van der Waals surface area (Å²) >= 11 is 0. The van der Waals surface area contributed by atoms with Gasteiger partial charge in [-0.2, -0.15) is 0 Å². The zero-order valence-corrected chi connectivity index (χ0v) is 14.5. The number of furan rings is 1. The Morgan fingerprint density at radius 3 is 2.46 bits per heavy atom. The van der Waals surface area contributed by atoms with Crippen molar-refractivity contribution in [2.24, 2.45) is 0 Å². The van der Waals surface area contributed by atoms with Crippen molar-refractivity contribution in [3.8, 4) is 0 Å². The molecule has 0 atom stereocenters. The lowest BCUT2D eigenvalue weighted by Crippen LogP contribution is -2.35. The molecule has 2 rings (SSSR count). The van der Waals surface area contributed by atoms with Crippen LogP contribution >= 0.6 is 0 Å². The second-order valence-corrected chi connectivity index (χ2v) is 5.72. The van der Waals surface area contributed by atoms with Gasteiger partial charge in [-0.05, 0) is 32.4 Å². The molecule has 5 heteroatoms. The molecule has 1 aromatic heterocycles. The number of hydrogen-bond acceptors (Lipinski definition) is 3. The molecule has 2 amide bonds. The summed E-state index contributed by atoms with van der Waals surface area (Å²) in [5.41, 5.74) is 1.62. The van der Waals surface area contributed by atoms with Crippen LogP contribution in [0.4, 0.5) is 0 Å². The van der Waals surface area contributed by atoms with Crippen molar-refractivity contribution in [2.45, 2.75) is 33.7 Å². The van der Waals surface area contributed by atoms with Crippen molar-refractivity contribution in [3.63, 3.8) is 0 Å². The lowest BCUT2D eigenvalue weighted by Gasteiger charge is -2.20. The number of rotatable bonds is 7. The van der Waals surface area contributed by atoms with Crippen molar-refractivity contribution in [1.29, 1.82) is 0 Å². The van der Waals surface area contributed by atoms with Gasteiger partial charge in [-0.15, -0.1) is 0 Å². The molecule has 0 saturated carbocycles. The molecule has 128 valence electrons. The average Bonchev–Trinajstić information content (AvgIpc) is 2.92. The number of hydrogen-bond donors (Lipinski definition) is 1. The summed E-state index contributed by atoms with van der Waals surface area (Å²) in [6.07, 6.45) is 0.280. The van der Waals surface area contributed by atoms with E-state index in [1.54, 1.807) is 17.9 Å². The average molecular weight is 328 g/mol. The Morgan fingerprint density at radius 1 is 1.17 bits per heavy atom. The third kappa shape index (κ3) is 4.72. The minimum Gasteiger partial charge on any atom is -0.466 e. The minimum absolute atomic E-state index is 0.0646. The summed E-state index contributed by atoms with van der Waals surface area (Å²) in [6, 6.07) is 11.5. The highest BCUT2D eigenvalue weighted by molar-refractivity contribution is 5.95. The molecular formula is C19H24N2O3. The molecule has 1 N–H and O–H groups in total. The van der Waals surface area contributed by atoms with E-state index >= 15 is 0 Å². The lowest BCUT2D eigenvalue weighted by atomic mass is 10.2. The van der Waals surface area contributed by atoms with E-state index in [9.17, 15) is 9.59 Å². The molecule has 0 bridgehead atoms. The van der Waals surface area contributed by atoms with Crippen molar-refractivity contribution in [2.75, 3.05) is 13.1 Å². The number of carbonyl (C=O) groups excluding carboxylic acids is 2. The predicted octanol–water partition coefficient (Wildman–Crippen LogP) is 3.07. The van der Waals surface area contributed by atoms with E-state index in [4.69, 9.17) is 4.42 Å². The summed E-state index contributed by atoms with van der Waals surface area (Å²) in [4.78, 5) is 26.2. The largest absolute Gasteiger partial charge is 0.466 e. The fraction of sp³-hybridized carbons (Fsp3) is 0.368. The van der Waals surface area contributed by atoms with E-state index in [1.165, 1.54) is 0 Å². The first-order valence-corrected chi connectivity index (χ1v) is 8.18. The van der Waals surface area contributed by atoms with Crippen LogP contribution in [0.3, 0.4) is 0 Å². The zero-order chi connectivity index (χ0) is 17.5. The second-order valence-electron chi connectivity index (χ2n) is 5.72. The third-order valence-electron chi connectivity index (χ3n) is 3.88. The number of nitrogens with zero attached hydrogens (tertiary/aromatic N) is 1. The van der Waals surface area contributed by atoms with Gasteiger partial charge >= 0.3 is 0 Å². The maximum absolute atomic E-state index is 12.5. The number of amides is 2. The molecule has 0 spiro atoms. The van der Waals surface area contributed by atoms with Gasteiger partial charge in [0.15, 0.2) is 0 Å².